The number of hydrogen-bond donors (Lipinski definition) is 1. The molecule has 19 heavy (non-hydrogen) atoms. The molecule has 1 fully saturated rings. The molecule has 0 aromatic heterocycles. The molecule has 0 bridgehead atoms. The summed E-state index contributed by atoms with van der Waals surface area (Å²) in [5, 5.41) is 0. The SMILES string of the molecule is COc1cc(OC)cc(C(=O)N2CCC[C@H](N)C2)c1. The van der Waals surface area contributed by atoms with Gasteiger partial charge in [0.05, 0.1) is 14.2 Å². The first-order chi connectivity index (χ1) is 9.13. The molecule has 5 heteroatoms. The molecule has 0 unspecified atom stereocenters. The average Bonchev–Trinajstić information content (AvgIpc) is 2.45. The lowest BCUT2D eigenvalue weighted by Gasteiger charge is -2.31. The molecule has 104 valence electrons. The maximum Gasteiger partial charge on any atom is 0.254 e. The van der Waals surface area contributed by atoms with Crippen LogP contribution in [0.25, 0.3) is 0 Å². The van der Waals surface area contributed by atoms with E-state index in [1.807, 2.05) is 0 Å². The number of likely N-dealkylation sites (tertiary alicyclic amines) is 1. The number of benzene rings is 1. The Morgan fingerprint density at radius 3 is 2.42 bits per heavy atom. The zero-order valence-electron chi connectivity index (χ0n) is 11.4. The molecule has 0 spiro atoms. The molecule has 5 nitrogen and oxygen atoms in total. The summed E-state index contributed by atoms with van der Waals surface area (Å²) in [5.74, 6) is 1.21. The second kappa shape index (κ2) is 5.93. The van der Waals surface area contributed by atoms with E-state index in [0.29, 0.717) is 23.6 Å². The Morgan fingerprint density at radius 2 is 1.89 bits per heavy atom. The number of carbonyl (C=O) groups is 1. The van der Waals surface area contributed by atoms with Gasteiger partial charge in [-0.25, -0.2) is 0 Å². The van der Waals surface area contributed by atoms with Gasteiger partial charge in [0, 0.05) is 30.8 Å². The average molecular weight is 264 g/mol. The Morgan fingerprint density at radius 1 is 1.26 bits per heavy atom. The van der Waals surface area contributed by atoms with E-state index >= 15 is 0 Å². The van der Waals surface area contributed by atoms with E-state index in [0.717, 1.165) is 19.4 Å². The van der Waals surface area contributed by atoms with Gasteiger partial charge in [-0.05, 0) is 25.0 Å². The first-order valence-electron chi connectivity index (χ1n) is 6.42. The van der Waals surface area contributed by atoms with E-state index in [4.69, 9.17) is 15.2 Å². The minimum atomic E-state index is -0.0210. The summed E-state index contributed by atoms with van der Waals surface area (Å²) in [6.45, 7) is 1.37. The minimum Gasteiger partial charge on any atom is -0.497 e. The van der Waals surface area contributed by atoms with Crippen LogP contribution in [-0.2, 0) is 0 Å². The minimum absolute atomic E-state index is 0.0210. The van der Waals surface area contributed by atoms with Crippen LogP contribution < -0.4 is 15.2 Å². The van der Waals surface area contributed by atoms with Crippen molar-refractivity contribution in [3.05, 3.63) is 23.8 Å². The van der Waals surface area contributed by atoms with E-state index in [2.05, 4.69) is 0 Å². The topological polar surface area (TPSA) is 64.8 Å². The van der Waals surface area contributed by atoms with Crippen molar-refractivity contribution >= 4 is 5.91 Å². The van der Waals surface area contributed by atoms with E-state index in [9.17, 15) is 4.79 Å². The van der Waals surface area contributed by atoms with Crippen molar-refractivity contribution in [2.24, 2.45) is 5.73 Å². The Labute approximate surface area is 113 Å². The third kappa shape index (κ3) is 3.17. The molecule has 2 rings (SSSR count). The highest BCUT2D eigenvalue weighted by Gasteiger charge is 2.23. The molecule has 0 aliphatic carbocycles. The standard InChI is InChI=1S/C14H20N2O3/c1-18-12-6-10(7-13(8-12)19-2)14(17)16-5-3-4-11(15)9-16/h6-8,11H,3-5,9,15H2,1-2H3/t11-/m0/s1. The number of hydrogen-bond acceptors (Lipinski definition) is 4. The van der Waals surface area contributed by atoms with Crippen LogP contribution >= 0.6 is 0 Å². The van der Waals surface area contributed by atoms with Gasteiger partial charge in [-0.15, -0.1) is 0 Å². The Balaban J connectivity index is 2.22. The van der Waals surface area contributed by atoms with Gasteiger partial charge < -0.3 is 20.1 Å². The predicted molar refractivity (Wildman–Crippen MR) is 72.7 cm³/mol. The summed E-state index contributed by atoms with van der Waals surface area (Å²) >= 11 is 0. The van der Waals surface area contributed by atoms with Crippen LogP contribution in [0.4, 0.5) is 0 Å². The van der Waals surface area contributed by atoms with Crippen molar-refractivity contribution in [1.82, 2.24) is 4.90 Å². The second-order valence-corrected chi connectivity index (χ2v) is 4.75. The van der Waals surface area contributed by atoms with Gasteiger partial charge in [-0.3, -0.25) is 4.79 Å². The smallest absolute Gasteiger partial charge is 0.254 e. The van der Waals surface area contributed by atoms with Crippen LogP contribution in [0.15, 0.2) is 18.2 Å². The van der Waals surface area contributed by atoms with Gasteiger partial charge >= 0.3 is 0 Å². The molecule has 1 saturated heterocycles. The highest BCUT2D eigenvalue weighted by Crippen LogP contribution is 2.24. The Kier molecular flexibility index (Phi) is 4.27. The van der Waals surface area contributed by atoms with Crippen LogP contribution in [0.2, 0.25) is 0 Å². The highest BCUT2D eigenvalue weighted by molar-refractivity contribution is 5.95. The lowest BCUT2D eigenvalue weighted by Crippen LogP contribution is -2.45. The largest absolute Gasteiger partial charge is 0.497 e. The normalized spacial score (nSPS) is 19.1. The zero-order valence-corrected chi connectivity index (χ0v) is 11.4. The van der Waals surface area contributed by atoms with E-state index in [1.165, 1.54) is 0 Å². The van der Waals surface area contributed by atoms with Gasteiger partial charge in [0.1, 0.15) is 11.5 Å². The maximum absolute atomic E-state index is 12.4. The van der Waals surface area contributed by atoms with E-state index < -0.39 is 0 Å². The summed E-state index contributed by atoms with van der Waals surface area (Å²) in [5.41, 5.74) is 6.48. The number of nitrogens with two attached hydrogens (primary N) is 1. The molecule has 1 aliphatic rings. The first kappa shape index (κ1) is 13.7. The fraction of sp³-hybridized carbons (Fsp3) is 0.500. The van der Waals surface area contributed by atoms with Crippen molar-refractivity contribution in [2.75, 3.05) is 27.3 Å². The second-order valence-electron chi connectivity index (χ2n) is 4.75. The molecule has 1 aromatic carbocycles. The van der Waals surface area contributed by atoms with Crippen molar-refractivity contribution < 1.29 is 14.3 Å². The molecule has 1 aromatic rings. The molecule has 1 atom stereocenters. The lowest BCUT2D eigenvalue weighted by molar-refractivity contribution is 0.0708. The van der Waals surface area contributed by atoms with Gasteiger partial charge in [0.25, 0.3) is 5.91 Å². The Bertz CT molecular complexity index is 440. The summed E-state index contributed by atoms with van der Waals surface area (Å²) < 4.78 is 10.4. The molecule has 1 heterocycles. The molecule has 1 amide bonds. The van der Waals surface area contributed by atoms with Gasteiger partial charge in [-0.1, -0.05) is 0 Å². The molecule has 0 saturated carbocycles. The number of amides is 1. The fourth-order valence-electron chi connectivity index (χ4n) is 2.31. The van der Waals surface area contributed by atoms with Crippen LogP contribution in [0, 0.1) is 0 Å². The van der Waals surface area contributed by atoms with Gasteiger partial charge in [0.15, 0.2) is 0 Å². The van der Waals surface area contributed by atoms with Crippen molar-refractivity contribution in [1.29, 1.82) is 0 Å². The number of ether oxygens (including phenoxy) is 2. The predicted octanol–water partition coefficient (Wildman–Crippen LogP) is 1.27. The van der Waals surface area contributed by atoms with Crippen molar-refractivity contribution in [3.8, 4) is 11.5 Å². The Hall–Kier alpha value is -1.75. The number of rotatable bonds is 3. The summed E-state index contributed by atoms with van der Waals surface area (Å²) in [7, 11) is 3.14. The molecule has 0 radical (unpaired) electrons. The molecule has 2 N–H and O–H groups in total. The number of methoxy groups -OCH3 is 2. The number of carbonyl (C=O) groups excluding carboxylic acids is 1. The molecular formula is C14H20N2O3. The third-order valence-electron chi connectivity index (χ3n) is 3.34. The maximum atomic E-state index is 12.4. The fourth-order valence-corrected chi connectivity index (χ4v) is 2.31. The van der Waals surface area contributed by atoms with Gasteiger partial charge in [-0.2, -0.15) is 0 Å². The number of piperidine rings is 1. The summed E-state index contributed by atoms with van der Waals surface area (Å²) in [6, 6.07) is 5.28. The van der Waals surface area contributed by atoms with Crippen LogP contribution in [0.1, 0.15) is 23.2 Å². The lowest BCUT2D eigenvalue weighted by atomic mass is 10.1. The number of nitrogens with zero attached hydrogens (tertiary/aromatic N) is 1. The summed E-state index contributed by atoms with van der Waals surface area (Å²) in [4.78, 5) is 14.2. The monoisotopic (exact) mass is 264 g/mol. The van der Waals surface area contributed by atoms with Crippen LogP contribution in [0.5, 0.6) is 11.5 Å². The van der Waals surface area contributed by atoms with E-state index in [1.54, 1.807) is 37.3 Å². The van der Waals surface area contributed by atoms with Crippen molar-refractivity contribution in [3.63, 3.8) is 0 Å². The molecular weight excluding hydrogens is 244 g/mol. The summed E-state index contributed by atoms with van der Waals surface area (Å²) in [6.07, 6.45) is 1.93. The zero-order chi connectivity index (χ0) is 13.8. The third-order valence-corrected chi connectivity index (χ3v) is 3.34. The molecule has 1 aliphatic heterocycles. The van der Waals surface area contributed by atoms with Gasteiger partial charge in [0.2, 0.25) is 0 Å². The highest BCUT2D eigenvalue weighted by atomic mass is 16.5. The van der Waals surface area contributed by atoms with Crippen molar-refractivity contribution in [2.45, 2.75) is 18.9 Å². The quantitative estimate of drug-likeness (QED) is 0.893. The van der Waals surface area contributed by atoms with Crippen LogP contribution in [0.3, 0.4) is 0 Å². The van der Waals surface area contributed by atoms with E-state index in [-0.39, 0.29) is 11.9 Å². The first-order valence-corrected chi connectivity index (χ1v) is 6.42. The van der Waals surface area contributed by atoms with Crippen LogP contribution in [-0.4, -0.2) is 44.2 Å².